The molecule has 0 saturated heterocycles. The van der Waals surface area contributed by atoms with Crippen LogP contribution < -0.4 is 0 Å². The number of aliphatic imine (C=N–C) groups is 1. The molecule has 0 fully saturated rings. The molecule has 19 heavy (non-hydrogen) atoms. The van der Waals surface area contributed by atoms with Crippen LogP contribution in [0.25, 0.3) is 5.69 Å². The second-order valence-electron chi connectivity index (χ2n) is 4.40. The molecule has 0 atom stereocenters. The Balaban J connectivity index is 2.58. The molecule has 5 nitrogen and oxygen atoms in total. The minimum absolute atomic E-state index is 0.516. The summed E-state index contributed by atoms with van der Waals surface area (Å²) < 4.78 is 1.68. The van der Waals surface area contributed by atoms with Gasteiger partial charge < -0.3 is 4.90 Å². The van der Waals surface area contributed by atoms with E-state index in [-0.39, 0.29) is 0 Å². The van der Waals surface area contributed by atoms with Gasteiger partial charge in [0, 0.05) is 14.1 Å². The van der Waals surface area contributed by atoms with E-state index in [0.29, 0.717) is 17.1 Å². The van der Waals surface area contributed by atoms with Crippen LogP contribution in [0.4, 0.5) is 5.82 Å². The number of hydrogen-bond donors (Lipinski definition) is 0. The van der Waals surface area contributed by atoms with Gasteiger partial charge in [-0.1, -0.05) is 18.2 Å². The maximum absolute atomic E-state index is 11.2. The number of hydrogen-bond acceptors (Lipinski definition) is 3. The van der Waals surface area contributed by atoms with E-state index in [1.807, 2.05) is 49.3 Å². The molecule has 98 valence electrons. The molecule has 0 amide bonds. The van der Waals surface area contributed by atoms with Gasteiger partial charge in [0.2, 0.25) is 0 Å². The van der Waals surface area contributed by atoms with Gasteiger partial charge in [-0.2, -0.15) is 5.10 Å². The van der Waals surface area contributed by atoms with E-state index in [1.165, 1.54) is 0 Å². The van der Waals surface area contributed by atoms with Crippen molar-refractivity contribution in [3.63, 3.8) is 0 Å². The first-order valence-electron chi connectivity index (χ1n) is 5.94. The van der Waals surface area contributed by atoms with E-state index in [2.05, 4.69) is 10.1 Å². The monoisotopic (exact) mass is 256 g/mol. The van der Waals surface area contributed by atoms with E-state index in [0.717, 1.165) is 12.0 Å². The third-order valence-electron chi connectivity index (χ3n) is 2.61. The third kappa shape index (κ3) is 2.70. The van der Waals surface area contributed by atoms with Crippen molar-refractivity contribution in [1.29, 1.82) is 0 Å². The van der Waals surface area contributed by atoms with Gasteiger partial charge in [0.25, 0.3) is 0 Å². The van der Waals surface area contributed by atoms with Gasteiger partial charge in [0.1, 0.15) is 0 Å². The van der Waals surface area contributed by atoms with Crippen molar-refractivity contribution in [2.24, 2.45) is 4.99 Å². The predicted octanol–water partition coefficient (Wildman–Crippen LogP) is 2.21. The number of carbonyl (C=O) groups is 1. The molecule has 0 saturated carbocycles. The highest BCUT2D eigenvalue weighted by molar-refractivity contribution is 5.85. The molecule has 2 rings (SSSR count). The van der Waals surface area contributed by atoms with Gasteiger partial charge in [-0.25, -0.2) is 9.67 Å². The number of nitrogens with zero attached hydrogens (tertiary/aromatic N) is 4. The Morgan fingerprint density at radius 3 is 2.53 bits per heavy atom. The SMILES string of the molecule is Cc1nn(-c2ccccc2)c(N=CN(C)C)c1C=O. The summed E-state index contributed by atoms with van der Waals surface area (Å²) >= 11 is 0. The summed E-state index contributed by atoms with van der Waals surface area (Å²) in [4.78, 5) is 17.4. The van der Waals surface area contributed by atoms with Crippen LogP contribution >= 0.6 is 0 Å². The molecule has 0 aliphatic carbocycles. The lowest BCUT2D eigenvalue weighted by Crippen LogP contribution is -2.07. The lowest BCUT2D eigenvalue weighted by Gasteiger charge is -2.06. The molecule has 5 heteroatoms. The summed E-state index contributed by atoms with van der Waals surface area (Å²) in [7, 11) is 3.75. The fraction of sp³-hybridized carbons (Fsp3) is 0.214. The van der Waals surface area contributed by atoms with Crippen molar-refractivity contribution in [2.75, 3.05) is 14.1 Å². The summed E-state index contributed by atoms with van der Waals surface area (Å²) in [6, 6.07) is 9.63. The van der Waals surface area contributed by atoms with Crippen molar-refractivity contribution < 1.29 is 4.79 Å². The molecule has 0 radical (unpaired) electrons. The van der Waals surface area contributed by atoms with Crippen molar-refractivity contribution in [1.82, 2.24) is 14.7 Å². The first-order chi connectivity index (χ1) is 9.13. The zero-order chi connectivity index (χ0) is 13.8. The Bertz CT molecular complexity index is 599. The van der Waals surface area contributed by atoms with Crippen LogP contribution in [0.3, 0.4) is 0 Å². The van der Waals surface area contributed by atoms with Crippen LogP contribution in [0.2, 0.25) is 0 Å². The molecule has 0 spiro atoms. The zero-order valence-electron chi connectivity index (χ0n) is 11.2. The Labute approximate surface area is 112 Å². The van der Waals surface area contributed by atoms with Crippen molar-refractivity contribution in [3.8, 4) is 5.69 Å². The number of para-hydroxylation sites is 1. The second-order valence-corrected chi connectivity index (χ2v) is 4.40. The number of rotatable bonds is 4. The molecule has 1 aromatic heterocycles. The summed E-state index contributed by atoms with van der Waals surface area (Å²) in [6.07, 6.45) is 2.45. The van der Waals surface area contributed by atoms with Crippen LogP contribution in [0.1, 0.15) is 16.1 Å². The summed E-state index contributed by atoms with van der Waals surface area (Å²) in [5.41, 5.74) is 2.07. The third-order valence-corrected chi connectivity index (χ3v) is 2.61. The topological polar surface area (TPSA) is 50.5 Å². The van der Waals surface area contributed by atoms with Crippen LogP contribution in [0, 0.1) is 6.92 Å². The summed E-state index contributed by atoms with van der Waals surface area (Å²) in [5, 5.41) is 4.38. The molecule has 0 N–H and O–H groups in total. The lowest BCUT2D eigenvalue weighted by atomic mass is 10.2. The van der Waals surface area contributed by atoms with Crippen LogP contribution in [0.5, 0.6) is 0 Å². The zero-order valence-corrected chi connectivity index (χ0v) is 11.2. The number of aromatic nitrogens is 2. The molecule has 1 heterocycles. The standard InChI is InChI=1S/C14H16N4O/c1-11-13(9-19)14(15-10-17(2)3)18(16-11)12-7-5-4-6-8-12/h4-10H,1-3H3. The van der Waals surface area contributed by atoms with Crippen molar-refractivity contribution >= 4 is 18.4 Å². The molecule has 1 aromatic carbocycles. The molecule has 0 unspecified atom stereocenters. The Morgan fingerprint density at radius 2 is 1.95 bits per heavy atom. The van der Waals surface area contributed by atoms with Crippen LogP contribution in [0.15, 0.2) is 35.3 Å². The van der Waals surface area contributed by atoms with Gasteiger partial charge in [0.05, 0.1) is 23.3 Å². The Kier molecular flexibility index (Phi) is 3.75. The highest BCUT2D eigenvalue weighted by atomic mass is 16.1. The molecule has 2 aromatic rings. The first-order valence-corrected chi connectivity index (χ1v) is 5.94. The number of carbonyl (C=O) groups excluding carboxylic acids is 1. The van der Waals surface area contributed by atoms with E-state index < -0.39 is 0 Å². The van der Waals surface area contributed by atoms with Crippen LogP contribution in [-0.2, 0) is 0 Å². The maximum atomic E-state index is 11.2. The van der Waals surface area contributed by atoms with Crippen molar-refractivity contribution in [3.05, 3.63) is 41.6 Å². The quantitative estimate of drug-likeness (QED) is 0.479. The van der Waals surface area contributed by atoms with Gasteiger partial charge in [-0.3, -0.25) is 4.79 Å². The largest absolute Gasteiger partial charge is 0.369 e. The number of benzene rings is 1. The first kappa shape index (κ1) is 13.0. The number of aryl methyl sites for hydroxylation is 1. The minimum Gasteiger partial charge on any atom is -0.369 e. The smallest absolute Gasteiger partial charge is 0.168 e. The molecule has 0 aliphatic rings. The summed E-state index contributed by atoms with van der Waals surface area (Å²) in [5.74, 6) is 0.549. The average molecular weight is 256 g/mol. The lowest BCUT2D eigenvalue weighted by molar-refractivity contribution is 0.112. The molecule has 0 bridgehead atoms. The highest BCUT2D eigenvalue weighted by Gasteiger charge is 2.14. The predicted molar refractivity (Wildman–Crippen MR) is 75.5 cm³/mol. The average Bonchev–Trinajstić information content (AvgIpc) is 2.73. The van der Waals surface area contributed by atoms with E-state index in [1.54, 1.807) is 17.9 Å². The fourth-order valence-electron chi connectivity index (χ4n) is 1.71. The Morgan fingerprint density at radius 1 is 1.26 bits per heavy atom. The highest BCUT2D eigenvalue weighted by Crippen LogP contribution is 2.24. The second kappa shape index (κ2) is 5.48. The van der Waals surface area contributed by atoms with E-state index >= 15 is 0 Å². The molecule has 0 aliphatic heterocycles. The minimum atomic E-state index is 0.516. The maximum Gasteiger partial charge on any atom is 0.168 e. The number of aldehydes is 1. The summed E-state index contributed by atoms with van der Waals surface area (Å²) in [6.45, 7) is 1.80. The molecular weight excluding hydrogens is 240 g/mol. The normalized spacial score (nSPS) is 10.9. The van der Waals surface area contributed by atoms with Crippen molar-refractivity contribution in [2.45, 2.75) is 6.92 Å². The molecular formula is C14H16N4O. The van der Waals surface area contributed by atoms with E-state index in [4.69, 9.17) is 0 Å². The van der Waals surface area contributed by atoms with Gasteiger partial charge >= 0.3 is 0 Å². The fourth-order valence-corrected chi connectivity index (χ4v) is 1.71. The van der Waals surface area contributed by atoms with Gasteiger partial charge in [0.15, 0.2) is 12.1 Å². The van der Waals surface area contributed by atoms with Crippen LogP contribution in [-0.4, -0.2) is 41.4 Å². The van der Waals surface area contributed by atoms with E-state index in [9.17, 15) is 4.79 Å². The van der Waals surface area contributed by atoms with Gasteiger partial charge in [-0.05, 0) is 19.1 Å². The van der Waals surface area contributed by atoms with Gasteiger partial charge in [-0.15, -0.1) is 0 Å². The Hall–Kier alpha value is -2.43.